The molecule has 0 aliphatic carbocycles. The van der Waals surface area contributed by atoms with Crippen molar-refractivity contribution >= 4 is 51.2 Å². The minimum atomic E-state index is -3.70. The summed E-state index contributed by atoms with van der Waals surface area (Å²) in [6.45, 7) is 9.22. The molecule has 258 valence electrons. The Morgan fingerprint density at radius 3 is 2.19 bits per heavy atom. The molecule has 3 aromatic rings. The summed E-state index contributed by atoms with van der Waals surface area (Å²) in [6.07, 6.45) is -0.564. The SMILES string of the molecule is CCCc1nn(C)c2c(=S)nc(-c3cc(S(=O)(=O)N4C[C@@H](C)N[C@@H](C)C4)ccc3OCC)[nH]c12.O=C(O)CC(O)(CC(=O)O)C(=O)O. The van der Waals surface area contributed by atoms with Crippen LogP contribution in [0.1, 0.15) is 52.7 Å². The molecule has 0 spiro atoms. The number of piperazine rings is 1. The summed E-state index contributed by atoms with van der Waals surface area (Å²) >= 11 is 5.60. The number of rotatable bonds is 12. The second-order valence-corrected chi connectivity index (χ2v) is 13.6. The Labute approximate surface area is 276 Å². The van der Waals surface area contributed by atoms with Crippen molar-refractivity contribution in [2.75, 3.05) is 19.7 Å². The van der Waals surface area contributed by atoms with E-state index in [1.807, 2.05) is 27.8 Å². The van der Waals surface area contributed by atoms with Crippen molar-refractivity contribution in [1.29, 1.82) is 0 Å². The van der Waals surface area contributed by atoms with Gasteiger partial charge in [-0.3, -0.25) is 14.3 Å². The molecule has 6 N–H and O–H groups in total. The van der Waals surface area contributed by atoms with Gasteiger partial charge < -0.3 is 35.5 Å². The predicted octanol–water partition coefficient (Wildman–Crippen LogP) is 2.17. The molecule has 0 bridgehead atoms. The zero-order chi connectivity index (χ0) is 35.3. The maximum absolute atomic E-state index is 13.5. The first-order valence-electron chi connectivity index (χ1n) is 14.8. The topological polar surface area (TPSA) is 237 Å². The minimum absolute atomic E-state index is 0.0726. The number of carboxylic acid groups (broad SMARTS) is 3. The number of carboxylic acids is 3. The number of hydrogen-bond acceptors (Lipinski definition) is 11. The number of aliphatic carboxylic acids is 3. The molecule has 0 unspecified atom stereocenters. The van der Waals surface area contributed by atoms with Crippen LogP contribution < -0.4 is 10.1 Å². The lowest BCUT2D eigenvalue weighted by molar-refractivity contribution is -0.170. The number of sulfonamides is 1. The average molecular weight is 697 g/mol. The van der Waals surface area contributed by atoms with Crippen LogP contribution >= 0.6 is 12.2 Å². The van der Waals surface area contributed by atoms with Crippen LogP contribution in [0.4, 0.5) is 0 Å². The van der Waals surface area contributed by atoms with Crippen LogP contribution in [0.25, 0.3) is 22.4 Å². The monoisotopic (exact) mass is 696 g/mol. The smallest absolute Gasteiger partial charge is 0.336 e. The van der Waals surface area contributed by atoms with Gasteiger partial charge in [0.15, 0.2) is 10.2 Å². The predicted molar refractivity (Wildman–Crippen MR) is 172 cm³/mol. The molecule has 3 heterocycles. The number of aromatic amines is 1. The molecule has 0 amide bonds. The van der Waals surface area contributed by atoms with Gasteiger partial charge in [0.1, 0.15) is 17.1 Å². The molecule has 2 aromatic heterocycles. The van der Waals surface area contributed by atoms with Gasteiger partial charge in [-0.15, -0.1) is 0 Å². The van der Waals surface area contributed by atoms with E-state index >= 15 is 0 Å². The largest absolute Gasteiger partial charge is 0.493 e. The summed E-state index contributed by atoms with van der Waals surface area (Å²) in [6, 6.07) is 5.07. The third-order valence-corrected chi connectivity index (χ3v) is 9.33. The van der Waals surface area contributed by atoms with Crippen LogP contribution in [0.5, 0.6) is 5.75 Å². The molecular formula is C29H40N6O10S2. The molecule has 16 nitrogen and oxygen atoms in total. The molecule has 1 fully saturated rings. The summed E-state index contributed by atoms with van der Waals surface area (Å²) in [5.41, 5.74) is 0.295. The number of aliphatic hydroxyl groups is 1. The van der Waals surface area contributed by atoms with E-state index < -0.39 is 46.4 Å². The molecule has 47 heavy (non-hydrogen) atoms. The van der Waals surface area contributed by atoms with Gasteiger partial charge in [-0.25, -0.2) is 18.2 Å². The summed E-state index contributed by atoms with van der Waals surface area (Å²) in [7, 11) is -1.85. The number of benzene rings is 1. The molecule has 18 heteroatoms. The van der Waals surface area contributed by atoms with E-state index in [1.54, 1.807) is 22.9 Å². The maximum atomic E-state index is 13.5. The van der Waals surface area contributed by atoms with Crippen molar-refractivity contribution < 1.29 is 48.0 Å². The van der Waals surface area contributed by atoms with Crippen molar-refractivity contribution in [1.82, 2.24) is 29.4 Å². The van der Waals surface area contributed by atoms with Gasteiger partial charge >= 0.3 is 17.9 Å². The molecule has 0 saturated carbocycles. The standard InChI is InChI=1S/C23H32N6O3S2.C6H8O7/c1-6-8-18-20-21(28(5)27-18)23(33)26-22(25-20)17-11-16(9-10-19(17)32-7-2)34(30,31)29-12-14(3)24-15(4)13-29;7-3(8)1-6(13,5(11)12)2-4(9)10/h9-11,14-15,24H,6-8,12-13H2,1-5H3,(H,25,26,33);13H,1-2H2,(H,7,8)(H,9,10)(H,11,12)/t14-,15+;. The van der Waals surface area contributed by atoms with E-state index in [0.29, 0.717) is 41.5 Å². The third kappa shape index (κ3) is 8.89. The van der Waals surface area contributed by atoms with Crippen molar-refractivity contribution in [3.63, 3.8) is 0 Å². The third-order valence-electron chi connectivity index (χ3n) is 7.22. The number of hydrogen-bond donors (Lipinski definition) is 6. The second kappa shape index (κ2) is 15.3. The van der Waals surface area contributed by atoms with Gasteiger partial charge in [-0.1, -0.05) is 25.6 Å². The van der Waals surface area contributed by atoms with E-state index in [4.69, 9.17) is 37.4 Å². The highest BCUT2D eigenvalue weighted by Gasteiger charge is 2.40. The van der Waals surface area contributed by atoms with E-state index in [2.05, 4.69) is 27.3 Å². The Bertz CT molecular complexity index is 1780. The fraction of sp³-hybridized carbons (Fsp3) is 0.517. The first kappa shape index (κ1) is 37.5. The van der Waals surface area contributed by atoms with Crippen molar-refractivity contribution in [2.24, 2.45) is 7.05 Å². The fourth-order valence-electron chi connectivity index (χ4n) is 5.27. The van der Waals surface area contributed by atoms with Gasteiger partial charge in [0.2, 0.25) is 10.0 Å². The van der Waals surface area contributed by atoms with Gasteiger partial charge in [-0.05, 0) is 45.4 Å². The van der Waals surface area contributed by atoms with Crippen LogP contribution in [-0.4, -0.2) is 108 Å². The van der Waals surface area contributed by atoms with Gasteiger partial charge in [0, 0.05) is 32.2 Å². The number of nitrogens with one attached hydrogen (secondary N) is 2. The normalized spacial score (nSPS) is 17.1. The highest BCUT2D eigenvalue weighted by molar-refractivity contribution is 7.89. The fourth-order valence-corrected chi connectivity index (χ4v) is 7.24. The first-order chi connectivity index (χ1) is 21.9. The molecule has 1 aliphatic heterocycles. The number of H-pyrrole nitrogens is 1. The van der Waals surface area contributed by atoms with Crippen molar-refractivity contribution in [3.05, 3.63) is 28.5 Å². The molecule has 1 aromatic carbocycles. The molecule has 0 radical (unpaired) electrons. The van der Waals surface area contributed by atoms with Gasteiger partial charge in [0.25, 0.3) is 0 Å². The summed E-state index contributed by atoms with van der Waals surface area (Å²) < 4.78 is 36.6. The molecule has 2 atom stereocenters. The zero-order valence-corrected chi connectivity index (χ0v) is 28.3. The number of nitrogens with zero attached hydrogens (tertiary/aromatic N) is 4. The average Bonchev–Trinajstić information content (AvgIpc) is 3.27. The number of carbonyl (C=O) groups is 3. The Kier molecular flexibility index (Phi) is 12.2. The Hall–Kier alpha value is -3.97. The maximum Gasteiger partial charge on any atom is 0.336 e. The highest BCUT2D eigenvalue weighted by atomic mass is 32.2. The van der Waals surface area contributed by atoms with Crippen LogP contribution in [0, 0.1) is 4.64 Å². The summed E-state index contributed by atoms with van der Waals surface area (Å²) in [5.74, 6) is -4.01. The van der Waals surface area contributed by atoms with Gasteiger partial charge in [-0.2, -0.15) is 9.40 Å². The second-order valence-electron chi connectivity index (χ2n) is 11.3. The van der Waals surface area contributed by atoms with E-state index in [-0.39, 0.29) is 17.0 Å². The lowest BCUT2D eigenvalue weighted by atomic mass is 9.96. The Morgan fingerprint density at radius 1 is 1.09 bits per heavy atom. The number of aryl methyl sites for hydroxylation is 2. The van der Waals surface area contributed by atoms with Crippen LogP contribution in [0.15, 0.2) is 23.1 Å². The van der Waals surface area contributed by atoms with E-state index in [1.165, 1.54) is 4.31 Å². The van der Waals surface area contributed by atoms with Crippen molar-refractivity contribution in [2.45, 2.75) is 76.0 Å². The lowest BCUT2D eigenvalue weighted by Crippen LogP contribution is -2.55. The van der Waals surface area contributed by atoms with E-state index in [9.17, 15) is 22.8 Å². The number of aromatic nitrogens is 4. The van der Waals surface area contributed by atoms with Crippen LogP contribution in [0.2, 0.25) is 0 Å². The van der Waals surface area contributed by atoms with Crippen LogP contribution in [-0.2, 0) is 37.9 Å². The van der Waals surface area contributed by atoms with Crippen molar-refractivity contribution in [3.8, 4) is 17.1 Å². The molecule has 1 saturated heterocycles. The number of ether oxygens (including phenoxy) is 1. The first-order valence-corrected chi connectivity index (χ1v) is 16.7. The molecule has 1 aliphatic rings. The van der Waals surface area contributed by atoms with Crippen LogP contribution in [0.3, 0.4) is 0 Å². The lowest BCUT2D eigenvalue weighted by Gasteiger charge is -2.35. The highest BCUT2D eigenvalue weighted by Crippen LogP contribution is 2.33. The Morgan fingerprint density at radius 2 is 1.68 bits per heavy atom. The van der Waals surface area contributed by atoms with E-state index in [0.717, 1.165) is 29.6 Å². The van der Waals surface area contributed by atoms with Gasteiger partial charge in [0.05, 0.1) is 41.1 Å². The molecule has 4 rings (SSSR count). The quantitative estimate of drug-likeness (QED) is 0.149. The summed E-state index contributed by atoms with van der Waals surface area (Å²) in [5, 5.41) is 41.8. The zero-order valence-electron chi connectivity index (χ0n) is 26.7. The molecular weight excluding hydrogens is 656 g/mol. The Balaban J connectivity index is 0.000000392. The summed E-state index contributed by atoms with van der Waals surface area (Å²) in [4.78, 5) is 38.7. The number of fused-ring (bicyclic) bond motifs is 1. The minimum Gasteiger partial charge on any atom is -0.493 e.